The van der Waals surface area contributed by atoms with Crippen LogP contribution in [0.3, 0.4) is 0 Å². The second-order valence-corrected chi connectivity index (χ2v) is 6.66. The molecule has 0 radical (unpaired) electrons. The normalized spacial score (nSPS) is 10.9. The lowest BCUT2D eigenvalue weighted by molar-refractivity contribution is 0.313. The van der Waals surface area contributed by atoms with E-state index in [4.69, 9.17) is 4.43 Å². The molecular weight excluding hydrogens is 200 g/mol. The van der Waals surface area contributed by atoms with Gasteiger partial charge in [-0.25, -0.2) is 0 Å². The van der Waals surface area contributed by atoms with Crippen LogP contribution in [0.4, 0.5) is 0 Å². The Morgan fingerprint density at radius 3 is 2.40 bits per heavy atom. The van der Waals surface area contributed by atoms with E-state index in [0.29, 0.717) is 0 Å². The third kappa shape index (κ3) is 4.63. The lowest BCUT2D eigenvalue weighted by Gasteiger charge is -2.11. The van der Waals surface area contributed by atoms with Gasteiger partial charge in [0, 0.05) is 0 Å². The highest BCUT2D eigenvalue weighted by Crippen LogP contribution is 2.13. The van der Waals surface area contributed by atoms with Crippen molar-refractivity contribution >= 4 is 9.04 Å². The van der Waals surface area contributed by atoms with Crippen LogP contribution >= 0.6 is 0 Å². The van der Waals surface area contributed by atoms with E-state index in [-0.39, 0.29) is 0 Å². The van der Waals surface area contributed by atoms with Crippen molar-refractivity contribution in [3.8, 4) is 0 Å². The maximum Gasteiger partial charge on any atom is 0.171 e. The van der Waals surface area contributed by atoms with Crippen LogP contribution < -0.4 is 0 Å². The van der Waals surface area contributed by atoms with E-state index in [1.165, 1.54) is 30.4 Å². The molecule has 0 fully saturated rings. The topological polar surface area (TPSA) is 9.23 Å². The molecule has 0 N–H and O–H groups in total. The number of hydrogen-bond acceptors (Lipinski definition) is 1. The lowest BCUT2D eigenvalue weighted by Crippen LogP contribution is -2.08. The fourth-order valence-corrected chi connectivity index (χ4v) is 2.08. The largest absolute Gasteiger partial charge is 0.416 e. The fourth-order valence-electron chi connectivity index (χ4n) is 1.57. The van der Waals surface area contributed by atoms with Crippen LogP contribution in [0.25, 0.3) is 0 Å². The summed E-state index contributed by atoms with van der Waals surface area (Å²) in [6.07, 6.45) is 3.72. The highest BCUT2D eigenvalue weighted by molar-refractivity contribution is 6.48. The van der Waals surface area contributed by atoms with Crippen molar-refractivity contribution in [2.24, 2.45) is 0 Å². The van der Waals surface area contributed by atoms with Gasteiger partial charge in [-0.1, -0.05) is 37.6 Å². The molecule has 1 aromatic rings. The molecule has 0 aliphatic rings. The Hall–Kier alpha value is -0.603. The third-order valence-electron chi connectivity index (χ3n) is 2.49. The SMILES string of the molecule is CCCCc1ccccc1CO[SiH](C)C. The highest BCUT2D eigenvalue weighted by Gasteiger charge is 2.02. The van der Waals surface area contributed by atoms with Gasteiger partial charge in [-0.05, 0) is 37.1 Å². The average molecular weight is 222 g/mol. The zero-order chi connectivity index (χ0) is 11.1. The van der Waals surface area contributed by atoms with Gasteiger partial charge in [-0.2, -0.15) is 0 Å². The van der Waals surface area contributed by atoms with Crippen molar-refractivity contribution in [3.63, 3.8) is 0 Å². The summed E-state index contributed by atoms with van der Waals surface area (Å²) in [5.74, 6) is 0. The fraction of sp³-hybridized carbons (Fsp3) is 0.538. The molecule has 1 rings (SSSR count). The van der Waals surface area contributed by atoms with Gasteiger partial charge in [-0.15, -0.1) is 0 Å². The summed E-state index contributed by atoms with van der Waals surface area (Å²) in [5, 5.41) is 0. The minimum Gasteiger partial charge on any atom is -0.416 e. The number of benzene rings is 1. The predicted octanol–water partition coefficient (Wildman–Crippen LogP) is 3.53. The van der Waals surface area contributed by atoms with Gasteiger partial charge in [-0.3, -0.25) is 0 Å². The minimum absolute atomic E-state index is 0.809. The first-order chi connectivity index (χ1) is 7.24. The summed E-state index contributed by atoms with van der Waals surface area (Å²) in [6.45, 7) is 7.48. The van der Waals surface area contributed by atoms with E-state index in [1.54, 1.807) is 0 Å². The number of unbranched alkanes of at least 4 members (excludes halogenated alkanes) is 1. The standard InChI is InChI=1S/C13H22OSi/c1-4-5-8-12-9-6-7-10-13(12)11-14-15(2)3/h6-7,9-10,15H,4-5,8,11H2,1-3H3. The van der Waals surface area contributed by atoms with Crippen molar-refractivity contribution in [3.05, 3.63) is 35.4 Å². The molecule has 0 amide bonds. The minimum atomic E-state index is -0.888. The van der Waals surface area contributed by atoms with Gasteiger partial charge in [0.2, 0.25) is 0 Å². The van der Waals surface area contributed by atoms with E-state index in [9.17, 15) is 0 Å². The predicted molar refractivity (Wildman–Crippen MR) is 68.7 cm³/mol. The Morgan fingerprint density at radius 2 is 1.80 bits per heavy atom. The number of rotatable bonds is 6. The molecule has 0 atom stereocenters. The summed E-state index contributed by atoms with van der Waals surface area (Å²) in [7, 11) is -0.888. The maximum atomic E-state index is 5.79. The molecule has 15 heavy (non-hydrogen) atoms. The Labute approximate surface area is 95.2 Å². The molecule has 0 aromatic heterocycles. The van der Waals surface area contributed by atoms with Crippen molar-refractivity contribution in [2.75, 3.05) is 0 Å². The molecule has 0 saturated carbocycles. The van der Waals surface area contributed by atoms with Crippen LogP contribution in [0.5, 0.6) is 0 Å². The molecule has 1 nitrogen and oxygen atoms in total. The van der Waals surface area contributed by atoms with E-state index in [1.807, 2.05) is 0 Å². The smallest absolute Gasteiger partial charge is 0.171 e. The zero-order valence-corrected chi connectivity index (χ0v) is 11.3. The quantitative estimate of drug-likeness (QED) is 0.669. The van der Waals surface area contributed by atoms with Crippen LogP contribution in [0.15, 0.2) is 24.3 Å². The highest BCUT2D eigenvalue weighted by atomic mass is 28.3. The molecule has 0 unspecified atom stereocenters. The van der Waals surface area contributed by atoms with E-state index in [2.05, 4.69) is 44.3 Å². The number of aryl methyl sites for hydroxylation is 1. The molecule has 0 aliphatic carbocycles. The Morgan fingerprint density at radius 1 is 1.13 bits per heavy atom. The Bertz CT molecular complexity index is 284. The second kappa shape index (κ2) is 6.80. The van der Waals surface area contributed by atoms with Gasteiger partial charge in [0.15, 0.2) is 9.04 Å². The van der Waals surface area contributed by atoms with Crippen molar-refractivity contribution in [2.45, 2.75) is 45.9 Å². The summed E-state index contributed by atoms with van der Waals surface area (Å²) in [4.78, 5) is 0. The monoisotopic (exact) mass is 222 g/mol. The van der Waals surface area contributed by atoms with Crippen molar-refractivity contribution < 1.29 is 4.43 Å². The molecule has 0 heterocycles. The number of hydrogen-bond donors (Lipinski definition) is 0. The molecule has 0 spiro atoms. The summed E-state index contributed by atoms with van der Waals surface area (Å²) >= 11 is 0. The Balaban J connectivity index is 2.59. The summed E-state index contributed by atoms with van der Waals surface area (Å²) in [5.41, 5.74) is 2.85. The van der Waals surface area contributed by atoms with Crippen LogP contribution in [-0.2, 0) is 17.5 Å². The molecule has 1 aromatic carbocycles. The molecule has 0 aliphatic heterocycles. The molecule has 2 heteroatoms. The molecule has 84 valence electrons. The molecule has 0 saturated heterocycles. The van der Waals surface area contributed by atoms with Gasteiger partial charge < -0.3 is 4.43 Å². The first kappa shape index (κ1) is 12.5. The third-order valence-corrected chi connectivity index (χ3v) is 3.32. The van der Waals surface area contributed by atoms with Gasteiger partial charge >= 0.3 is 0 Å². The zero-order valence-electron chi connectivity index (χ0n) is 10.1. The summed E-state index contributed by atoms with van der Waals surface area (Å²) < 4.78 is 5.79. The van der Waals surface area contributed by atoms with Crippen LogP contribution in [0, 0.1) is 0 Å². The first-order valence-corrected chi connectivity index (χ1v) is 8.70. The van der Waals surface area contributed by atoms with E-state index in [0.717, 1.165) is 6.61 Å². The first-order valence-electron chi connectivity index (χ1n) is 5.92. The van der Waals surface area contributed by atoms with Crippen LogP contribution in [-0.4, -0.2) is 9.04 Å². The molecule has 0 bridgehead atoms. The lowest BCUT2D eigenvalue weighted by atomic mass is 10.0. The van der Waals surface area contributed by atoms with Crippen LogP contribution in [0.2, 0.25) is 13.1 Å². The maximum absolute atomic E-state index is 5.79. The van der Waals surface area contributed by atoms with Crippen LogP contribution in [0.1, 0.15) is 30.9 Å². The van der Waals surface area contributed by atoms with Crippen molar-refractivity contribution in [1.29, 1.82) is 0 Å². The van der Waals surface area contributed by atoms with Crippen molar-refractivity contribution in [1.82, 2.24) is 0 Å². The van der Waals surface area contributed by atoms with E-state index >= 15 is 0 Å². The van der Waals surface area contributed by atoms with Gasteiger partial charge in [0.05, 0.1) is 6.61 Å². The Kier molecular flexibility index (Phi) is 5.65. The molecular formula is C13H22OSi. The summed E-state index contributed by atoms with van der Waals surface area (Å²) in [6, 6.07) is 8.66. The average Bonchev–Trinajstić information content (AvgIpc) is 2.24. The van der Waals surface area contributed by atoms with Gasteiger partial charge in [0.25, 0.3) is 0 Å². The van der Waals surface area contributed by atoms with Gasteiger partial charge in [0.1, 0.15) is 0 Å². The second-order valence-electron chi connectivity index (χ2n) is 4.23. The van der Waals surface area contributed by atoms with E-state index < -0.39 is 9.04 Å².